The zero-order chi connectivity index (χ0) is 17.2. The van der Waals surface area contributed by atoms with E-state index in [0.717, 1.165) is 11.0 Å². The number of nitrogens with zero attached hydrogens (tertiary/aromatic N) is 3. The fourth-order valence-electron chi connectivity index (χ4n) is 2.55. The first kappa shape index (κ1) is 15.0. The van der Waals surface area contributed by atoms with Crippen LogP contribution in [0.1, 0.15) is 10.4 Å². The molecule has 0 spiro atoms. The standard InChI is InChI=1S/C19H13FN4O/c20-14-7-5-13(6-8-14)19(25)23-15-9-10-18(21-11-15)24-12-22-16-3-1-2-4-17(16)24/h1-12H,(H,23,25). The summed E-state index contributed by atoms with van der Waals surface area (Å²) >= 11 is 0. The van der Waals surface area contributed by atoms with Crippen molar-refractivity contribution in [2.24, 2.45) is 0 Å². The van der Waals surface area contributed by atoms with Crippen LogP contribution in [0.5, 0.6) is 0 Å². The van der Waals surface area contributed by atoms with Crippen molar-refractivity contribution in [2.75, 3.05) is 5.32 Å². The lowest BCUT2D eigenvalue weighted by molar-refractivity contribution is 0.102. The number of halogens is 1. The zero-order valence-corrected chi connectivity index (χ0v) is 13.1. The summed E-state index contributed by atoms with van der Waals surface area (Å²) in [6.45, 7) is 0. The minimum absolute atomic E-state index is 0.317. The average Bonchev–Trinajstić information content (AvgIpc) is 3.07. The minimum Gasteiger partial charge on any atom is -0.321 e. The molecule has 0 unspecified atom stereocenters. The molecule has 0 aliphatic heterocycles. The lowest BCUT2D eigenvalue weighted by atomic mass is 10.2. The highest BCUT2D eigenvalue weighted by atomic mass is 19.1. The van der Waals surface area contributed by atoms with Crippen molar-refractivity contribution in [1.82, 2.24) is 14.5 Å². The van der Waals surface area contributed by atoms with E-state index in [2.05, 4.69) is 15.3 Å². The summed E-state index contributed by atoms with van der Waals surface area (Å²) in [7, 11) is 0. The van der Waals surface area contributed by atoms with Crippen LogP contribution >= 0.6 is 0 Å². The lowest BCUT2D eigenvalue weighted by Gasteiger charge is -2.07. The molecule has 0 bridgehead atoms. The number of imidazole rings is 1. The third kappa shape index (κ3) is 2.97. The number of pyridine rings is 1. The van der Waals surface area contributed by atoms with Gasteiger partial charge < -0.3 is 5.32 Å². The smallest absolute Gasteiger partial charge is 0.255 e. The quantitative estimate of drug-likeness (QED) is 0.620. The highest BCUT2D eigenvalue weighted by Crippen LogP contribution is 2.18. The molecule has 5 nitrogen and oxygen atoms in total. The molecule has 2 aromatic carbocycles. The second-order valence-corrected chi connectivity index (χ2v) is 5.47. The Morgan fingerprint density at radius 3 is 2.52 bits per heavy atom. The number of rotatable bonds is 3. The SMILES string of the molecule is O=C(Nc1ccc(-n2cnc3ccccc32)nc1)c1ccc(F)cc1. The number of hydrogen-bond acceptors (Lipinski definition) is 3. The highest BCUT2D eigenvalue weighted by molar-refractivity contribution is 6.04. The van der Waals surface area contributed by atoms with Crippen LogP contribution in [0.4, 0.5) is 10.1 Å². The van der Waals surface area contributed by atoms with Gasteiger partial charge in [0.15, 0.2) is 0 Å². The van der Waals surface area contributed by atoms with Gasteiger partial charge in [-0.3, -0.25) is 9.36 Å². The summed E-state index contributed by atoms with van der Waals surface area (Å²) in [4.78, 5) is 20.9. The number of para-hydroxylation sites is 2. The zero-order valence-electron chi connectivity index (χ0n) is 13.1. The Balaban J connectivity index is 1.56. The molecule has 0 radical (unpaired) electrons. The lowest BCUT2D eigenvalue weighted by Crippen LogP contribution is -2.12. The molecular weight excluding hydrogens is 319 g/mol. The molecule has 0 saturated heterocycles. The minimum atomic E-state index is -0.380. The maximum absolute atomic E-state index is 12.9. The monoisotopic (exact) mass is 332 g/mol. The van der Waals surface area contributed by atoms with E-state index in [1.54, 1.807) is 24.7 Å². The van der Waals surface area contributed by atoms with Crippen molar-refractivity contribution < 1.29 is 9.18 Å². The Hall–Kier alpha value is -3.54. The van der Waals surface area contributed by atoms with Crippen LogP contribution in [0.2, 0.25) is 0 Å². The van der Waals surface area contributed by atoms with E-state index in [4.69, 9.17) is 0 Å². The van der Waals surface area contributed by atoms with Crippen LogP contribution < -0.4 is 5.32 Å². The molecular formula is C19H13FN4O. The van der Waals surface area contributed by atoms with Gasteiger partial charge in [-0.1, -0.05) is 12.1 Å². The molecule has 1 N–H and O–H groups in total. The van der Waals surface area contributed by atoms with Gasteiger partial charge in [0.25, 0.3) is 5.91 Å². The number of fused-ring (bicyclic) bond motifs is 1. The van der Waals surface area contributed by atoms with Crippen LogP contribution in [0.15, 0.2) is 73.2 Å². The first-order valence-corrected chi connectivity index (χ1v) is 7.66. The summed E-state index contributed by atoms with van der Waals surface area (Å²) in [6.07, 6.45) is 3.29. The van der Waals surface area contributed by atoms with Crippen molar-refractivity contribution in [3.8, 4) is 5.82 Å². The molecule has 0 atom stereocenters. The number of carbonyl (C=O) groups is 1. The number of nitrogens with one attached hydrogen (secondary N) is 1. The molecule has 0 fully saturated rings. The van der Waals surface area contributed by atoms with E-state index >= 15 is 0 Å². The van der Waals surface area contributed by atoms with E-state index in [1.165, 1.54) is 24.3 Å². The van der Waals surface area contributed by atoms with E-state index in [0.29, 0.717) is 17.1 Å². The van der Waals surface area contributed by atoms with Gasteiger partial charge >= 0.3 is 0 Å². The topological polar surface area (TPSA) is 59.8 Å². The second kappa shape index (κ2) is 6.16. The fourth-order valence-corrected chi connectivity index (χ4v) is 2.55. The van der Waals surface area contributed by atoms with Crippen LogP contribution in [0.25, 0.3) is 16.9 Å². The maximum Gasteiger partial charge on any atom is 0.255 e. The van der Waals surface area contributed by atoms with Crippen molar-refractivity contribution in [2.45, 2.75) is 0 Å². The van der Waals surface area contributed by atoms with Crippen molar-refractivity contribution in [1.29, 1.82) is 0 Å². The van der Waals surface area contributed by atoms with Crippen molar-refractivity contribution >= 4 is 22.6 Å². The summed E-state index contributed by atoms with van der Waals surface area (Å²) in [5, 5.41) is 2.74. The highest BCUT2D eigenvalue weighted by Gasteiger charge is 2.08. The molecule has 6 heteroatoms. The van der Waals surface area contributed by atoms with Gasteiger partial charge in [0.1, 0.15) is 18.0 Å². The van der Waals surface area contributed by atoms with Crippen LogP contribution in [-0.2, 0) is 0 Å². The van der Waals surface area contributed by atoms with E-state index in [1.807, 2.05) is 28.8 Å². The molecule has 1 amide bonds. The predicted molar refractivity (Wildman–Crippen MR) is 93.2 cm³/mol. The molecule has 25 heavy (non-hydrogen) atoms. The maximum atomic E-state index is 12.9. The second-order valence-electron chi connectivity index (χ2n) is 5.47. The summed E-state index contributed by atoms with van der Waals surface area (Å²) < 4.78 is 14.8. The number of aromatic nitrogens is 3. The molecule has 2 aromatic heterocycles. The van der Waals surface area contributed by atoms with E-state index in [-0.39, 0.29) is 11.7 Å². The van der Waals surface area contributed by atoms with Gasteiger partial charge in [-0.15, -0.1) is 0 Å². The van der Waals surface area contributed by atoms with Crippen LogP contribution in [0, 0.1) is 5.82 Å². The van der Waals surface area contributed by atoms with Crippen LogP contribution in [0.3, 0.4) is 0 Å². The molecule has 0 aliphatic carbocycles. The summed E-state index contributed by atoms with van der Waals surface area (Å²) in [5.41, 5.74) is 2.78. The van der Waals surface area contributed by atoms with Gasteiger partial charge in [-0.05, 0) is 48.5 Å². The number of carbonyl (C=O) groups excluding carboxylic acids is 1. The first-order valence-electron chi connectivity index (χ1n) is 7.66. The molecule has 0 saturated carbocycles. The summed E-state index contributed by atoms with van der Waals surface area (Å²) in [6, 6.07) is 16.7. The largest absolute Gasteiger partial charge is 0.321 e. The number of amides is 1. The Bertz CT molecular complexity index is 1040. The number of hydrogen-bond donors (Lipinski definition) is 1. The molecule has 4 aromatic rings. The third-order valence-electron chi connectivity index (χ3n) is 3.81. The Morgan fingerprint density at radius 1 is 0.960 bits per heavy atom. The van der Waals surface area contributed by atoms with Crippen molar-refractivity contribution in [3.63, 3.8) is 0 Å². The predicted octanol–water partition coefficient (Wildman–Crippen LogP) is 3.81. The Kier molecular flexibility index (Phi) is 3.70. The fraction of sp³-hybridized carbons (Fsp3) is 0. The molecule has 122 valence electrons. The average molecular weight is 332 g/mol. The van der Waals surface area contributed by atoms with Gasteiger partial charge in [0.2, 0.25) is 0 Å². The van der Waals surface area contributed by atoms with Gasteiger partial charge in [-0.2, -0.15) is 0 Å². The van der Waals surface area contributed by atoms with Crippen molar-refractivity contribution in [3.05, 3.63) is 84.6 Å². The number of benzene rings is 2. The van der Waals surface area contributed by atoms with Gasteiger partial charge in [0, 0.05) is 5.56 Å². The first-order chi connectivity index (χ1) is 12.2. The third-order valence-corrected chi connectivity index (χ3v) is 3.81. The van der Waals surface area contributed by atoms with E-state index in [9.17, 15) is 9.18 Å². The normalized spacial score (nSPS) is 10.8. The van der Waals surface area contributed by atoms with Gasteiger partial charge in [0.05, 0.1) is 22.9 Å². The molecule has 2 heterocycles. The Labute approximate surface area is 142 Å². The number of anilines is 1. The molecule has 4 rings (SSSR count). The van der Waals surface area contributed by atoms with Gasteiger partial charge in [-0.25, -0.2) is 14.4 Å². The molecule has 0 aliphatic rings. The van der Waals surface area contributed by atoms with Crippen LogP contribution in [-0.4, -0.2) is 20.4 Å². The summed E-state index contributed by atoms with van der Waals surface area (Å²) in [5.74, 6) is 0.00578. The Morgan fingerprint density at radius 2 is 1.76 bits per heavy atom. The van der Waals surface area contributed by atoms with E-state index < -0.39 is 0 Å².